The summed E-state index contributed by atoms with van der Waals surface area (Å²) in [4.78, 5) is 9.97. The SMILES string of the molecule is c1ccc2c(c1)cc(-c1ccc3c(c1)c1c(ccc4cccnc41)c1nc4ccccc4n31)c1ccccc12. The molecule has 3 aromatic heterocycles. The van der Waals surface area contributed by atoms with E-state index in [0.717, 1.165) is 43.9 Å². The molecule has 0 unspecified atom stereocenters. The molecule has 0 bridgehead atoms. The van der Waals surface area contributed by atoms with Gasteiger partial charge in [-0.1, -0.05) is 78.9 Å². The van der Waals surface area contributed by atoms with Crippen molar-refractivity contribution >= 4 is 70.8 Å². The molecule has 0 aliphatic rings. The summed E-state index contributed by atoms with van der Waals surface area (Å²) in [6.07, 6.45) is 1.89. The molecule has 3 heteroatoms. The Labute approximate surface area is 223 Å². The predicted octanol–water partition coefficient (Wildman–Crippen LogP) is 9.32. The van der Waals surface area contributed by atoms with Gasteiger partial charge in [0.25, 0.3) is 0 Å². The molecule has 0 aliphatic heterocycles. The summed E-state index contributed by atoms with van der Waals surface area (Å²) >= 11 is 0. The van der Waals surface area contributed by atoms with Gasteiger partial charge in [-0.25, -0.2) is 4.98 Å². The summed E-state index contributed by atoms with van der Waals surface area (Å²) in [5, 5.41) is 9.65. The maximum absolute atomic E-state index is 5.09. The van der Waals surface area contributed by atoms with E-state index in [2.05, 4.69) is 120 Å². The van der Waals surface area contributed by atoms with Crippen LogP contribution in [-0.2, 0) is 0 Å². The molecule has 0 atom stereocenters. The molecule has 9 rings (SSSR count). The highest BCUT2D eigenvalue weighted by Crippen LogP contribution is 2.40. The molecule has 0 aliphatic carbocycles. The number of hydrogen-bond acceptors (Lipinski definition) is 2. The number of nitrogens with zero attached hydrogens (tertiary/aromatic N) is 3. The van der Waals surface area contributed by atoms with Gasteiger partial charge in [-0.05, 0) is 75.1 Å². The van der Waals surface area contributed by atoms with Crippen molar-refractivity contribution in [2.75, 3.05) is 0 Å². The Morgan fingerprint density at radius 2 is 1.31 bits per heavy atom. The Kier molecular flexibility index (Phi) is 4.05. The Balaban J connectivity index is 1.49. The molecule has 0 saturated carbocycles. The quantitative estimate of drug-likeness (QED) is 0.212. The number of benzene rings is 6. The van der Waals surface area contributed by atoms with Crippen LogP contribution in [0, 0.1) is 0 Å². The van der Waals surface area contributed by atoms with Gasteiger partial charge in [-0.2, -0.15) is 0 Å². The highest BCUT2D eigenvalue weighted by Gasteiger charge is 2.17. The lowest BCUT2D eigenvalue weighted by molar-refractivity contribution is 1.31. The van der Waals surface area contributed by atoms with Crippen LogP contribution in [0.5, 0.6) is 0 Å². The lowest BCUT2D eigenvalue weighted by Gasteiger charge is -2.14. The van der Waals surface area contributed by atoms with Gasteiger partial charge in [0, 0.05) is 27.7 Å². The molecule has 0 fully saturated rings. The third kappa shape index (κ3) is 2.82. The van der Waals surface area contributed by atoms with Gasteiger partial charge >= 0.3 is 0 Å². The van der Waals surface area contributed by atoms with E-state index in [-0.39, 0.29) is 0 Å². The summed E-state index contributed by atoms with van der Waals surface area (Å²) in [5.74, 6) is 0. The molecular formula is C36H21N3. The lowest BCUT2D eigenvalue weighted by Crippen LogP contribution is -1.94. The molecule has 0 amide bonds. The minimum atomic E-state index is 0.968. The number of para-hydroxylation sites is 2. The van der Waals surface area contributed by atoms with Crippen LogP contribution in [0.4, 0.5) is 0 Å². The first-order chi connectivity index (χ1) is 19.3. The molecule has 39 heavy (non-hydrogen) atoms. The third-order valence-corrected chi connectivity index (χ3v) is 8.16. The van der Waals surface area contributed by atoms with Gasteiger partial charge in [0.2, 0.25) is 0 Å². The number of hydrogen-bond donors (Lipinski definition) is 0. The molecule has 3 nitrogen and oxygen atoms in total. The van der Waals surface area contributed by atoms with E-state index in [0.29, 0.717) is 0 Å². The summed E-state index contributed by atoms with van der Waals surface area (Å²) in [7, 11) is 0. The maximum atomic E-state index is 5.09. The first-order valence-electron chi connectivity index (χ1n) is 13.3. The van der Waals surface area contributed by atoms with Crippen LogP contribution in [0.3, 0.4) is 0 Å². The predicted molar refractivity (Wildman–Crippen MR) is 163 cm³/mol. The molecule has 9 aromatic rings. The Bertz CT molecular complexity index is 2450. The summed E-state index contributed by atoms with van der Waals surface area (Å²) in [6.45, 7) is 0. The first-order valence-corrected chi connectivity index (χ1v) is 13.3. The fraction of sp³-hybridized carbons (Fsp3) is 0. The van der Waals surface area contributed by atoms with Crippen molar-refractivity contribution in [3.63, 3.8) is 0 Å². The second kappa shape index (κ2) is 7.62. The molecule has 3 heterocycles. The van der Waals surface area contributed by atoms with Crippen LogP contribution >= 0.6 is 0 Å². The Morgan fingerprint density at radius 3 is 2.26 bits per heavy atom. The van der Waals surface area contributed by atoms with E-state index < -0.39 is 0 Å². The smallest absolute Gasteiger partial charge is 0.146 e. The number of rotatable bonds is 1. The van der Waals surface area contributed by atoms with Crippen molar-refractivity contribution in [2.24, 2.45) is 0 Å². The number of aromatic nitrogens is 3. The minimum absolute atomic E-state index is 0.968. The zero-order valence-electron chi connectivity index (χ0n) is 21.0. The van der Waals surface area contributed by atoms with E-state index in [1.165, 1.54) is 38.1 Å². The van der Waals surface area contributed by atoms with Crippen molar-refractivity contribution in [3.8, 4) is 11.1 Å². The zero-order valence-corrected chi connectivity index (χ0v) is 21.0. The van der Waals surface area contributed by atoms with E-state index in [1.54, 1.807) is 0 Å². The minimum Gasteiger partial charge on any atom is -0.292 e. The number of pyridine rings is 2. The zero-order chi connectivity index (χ0) is 25.5. The first kappa shape index (κ1) is 20.7. The molecule has 0 N–H and O–H groups in total. The van der Waals surface area contributed by atoms with Crippen molar-refractivity contribution in [3.05, 3.63) is 128 Å². The van der Waals surface area contributed by atoms with Crippen LogP contribution in [0.1, 0.15) is 0 Å². The van der Waals surface area contributed by atoms with Crippen LogP contribution in [0.25, 0.3) is 81.9 Å². The number of imidazole rings is 1. The summed E-state index contributed by atoms with van der Waals surface area (Å²) in [6, 6.07) is 43.5. The molecule has 0 spiro atoms. The molecular weight excluding hydrogens is 474 g/mol. The molecule has 0 saturated heterocycles. The van der Waals surface area contributed by atoms with Gasteiger partial charge in [0.1, 0.15) is 5.65 Å². The Hall–Kier alpha value is -5.28. The van der Waals surface area contributed by atoms with Crippen LogP contribution < -0.4 is 0 Å². The van der Waals surface area contributed by atoms with Crippen molar-refractivity contribution in [1.82, 2.24) is 14.4 Å². The van der Waals surface area contributed by atoms with Crippen LogP contribution in [0.2, 0.25) is 0 Å². The van der Waals surface area contributed by atoms with Gasteiger partial charge in [0.05, 0.1) is 22.1 Å². The monoisotopic (exact) mass is 495 g/mol. The van der Waals surface area contributed by atoms with Crippen molar-refractivity contribution in [2.45, 2.75) is 0 Å². The average Bonchev–Trinajstić information content (AvgIpc) is 3.40. The molecule has 0 radical (unpaired) electrons. The second-order valence-electron chi connectivity index (χ2n) is 10.2. The van der Waals surface area contributed by atoms with Gasteiger partial charge in [-0.3, -0.25) is 9.38 Å². The molecule has 6 aromatic carbocycles. The fourth-order valence-electron chi connectivity index (χ4n) is 6.45. The largest absolute Gasteiger partial charge is 0.292 e. The number of fused-ring (bicyclic) bond motifs is 13. The topological polar surface area (TPSA) is 30.2 Å². The van der Waals surface area contributed by atoms with Gasteiger partial charge < -0.3 is 0 Å². The standard InChI is InChI=1S/C36H21N3/c1-2-10-25-23(8-1)20-29(27-12-4-3-11-26(25)27)24-16-18-32-30(21-24)34-28(17-15-22-9-7-19-37-35(22)34)36-38-31-13-5-6-14-33(31)39(32)36/h1-21H. The summed E-state index contributed by atoms with van der Waals surface area (Å²) < 4.78 is 2.31. The van der Waals surface area contributed by atoms with Gasteiger partial charge in [0.15, 0.2) is 0 Å². The second-order valence-corrected chi connectivity index (χ2v) is 10.2. The normalized spacial score (nSPS) is 12.1. The van der Waals surface area contributed by atoms with E-state index in [4.69, 9.17) is 9.97 Å². The highest BCUT2D eigenvalue weighted by atomic mass is 15.0. The fourth-order valence-corrected chi connectivity index (χ4v) is 6.45. The van der Waals surface area contributed by atoms with E-state index in [9.17, 15) is 0 Å². The van der Waals surface area contributed by atoms with Crippen LogP contribution in [0.15, 0.2) is 128 Å². The molecule has 180 valence electrons. The summed E-state index contributed by atoms with van der Waals surface area (Å²) in [5.41, 5.74) is 7.66. The van der Waals surface area contributed by atoms with Crippen LogP contribution in [-0.4, -0.2) is 14.4 Å². The lowest BCUT2D eigenvalue weighted by atomic mass is 9.92. The average molecular weight is 496 g/mol. The van der Waals surface area contributed by atoms with Crippen molar-refractivity contribution in [1.29, 1.82) is 0 Å². The third-order valence-electron chi connectivity index (χ3n) is 8.16. The van der Waals surface area contributed by atoms with E-state index >= 15 is 0 Å². The maximum Gasteiger partial charge on any atom is 0.146 e. The Morgan fingerprint density at radius 1 is 0.513 bits per heavy atom. The van der Waals surface area contributed by atoms with Crippen molar-refractivity contribution < 1.29 is 0 Å². The van der Waals surface area contributed by atoms with E-state index in [1.807, 2.05) is 12.3 Å². The van der Waals surface area contributed by atoms with Gasteiger partial charge in [-0.15, -0.1) is 0 Å². The highest BCUT2D eigenvalue weighted by molar-refractivity contribution is 6.24.